The van der Waals surface area contributed by atoms with Crippen LogP contribution in [0.15, 0.2) is 66.7 Å². The molecule has 0 radical (unpaired) electrons. The van der Waals surface area contributed by atoms with Gasteiger partial charge in [0.1, 0.15) is 11.9 Å². The Morgan fingerprint density at radius 2 is 1.81 bits per heavy atom. The lowest BCUT2D eigenvalue weighted by molar-refractivity contribution is -0.123. The van der Waals surface area contributed by atoms with Crippen molar-refractivity contribution in [1.82, 2.24) is 5.32 Å². The van der Waals surface area contributed by atoms with Gasteiger partial charge in [-0.25, -0.2) is 0 Å². The molecular weight excluding hydrogens is 370 g/mol. The molecule has 1 atom stereocenters. The number of aliphatic hydroxyl groups is 1. The van der Waals surface area contributed by atoms with Crippen molar-refractivity contribution in [2.75, 3.05) is 6.61 Å². The number of rotatable bonds is 7. The third-order valence-electron chi connectivity index (χ3n) is 3.71. The van der Waals surface area contributed by atoms with Gasteiger partial charge in [-0.05, 0) is 42.0 Å². The average Bonchev–Trinajstić information content (AvgIpc) is 3.15. The van der Waals surface area contributed by atoms with Crippen LogP contribution in [0, 0.1) is 0 Å². The SMILES string of the molecule is O=C(COc1ccc(Cl)cc1)NCc1ccc([C@H](O)c2ccccc2)s1. The Labute approximate surface area is 161 Å². The maximum atomic E-state index is 11.9. The van der Waals surface area contributed by atoms with E-state index in [9.17, 15) is 9.90 Å². The second-order valence-electron chi connectivity index (χ2n) is 5.64. The van der Waals surface area contributed by atoms with Crippen LogP contribution in [0.3, 0.4) is 0 Å². The maximum Gasteiger partial charge on any atom is 0.258 e. The molecule has 3 rings (SSSR count). The van der Waals surface area contributed by atoms with E-state index in [0.29, 0.717) is 17.3 Å². The number of benzene rings is 2. The van der Waals surface area contributed by atoms with Gasteiger partial charge in [0.05, 0.1) is 6.54 Å². The first kappa shape index (κ1) is 18.5. The van der Waals surface area contributed by atoms with Gasteiger partial charge >= 0.3 is 0 Å². The maximum absolute atomic E-state index is 11.9. The number of amides is 1. The number of halogens is 1. The number of ether oxygens (including phenoxy) is 1. The number of nitrogens with one attached hydrogen (secondary N) is 1. The molecule has 0 aliphatic heterocycles. The normalized spacial score (nSPS) is 11.8. The number of carbonyl (C=O) groups is 1. The monoisotopic (exact) mass is 387 g/mol. The quantitative estimate of drug-likeness (QED) is 0.639. The second-order valence-corrected chi connectivity index (χ2v) is 7.27. The van der Waals surface area contributed by atoms with Gasteiger partial charge in [0.25, 0.3) is 5.91 Å². The summed E-state index contributed by atoms with van der Waals surface area (Å²) in [6.07, 6.45) is -0.654. The Balaban J connectivity index is 1.48. The van der Waals surface area contributed by atoms with Crippen molar-refractivity contribution in [3.8, 4) is 5.75 Å². The van der Waals surface area contributed by atoms with Gasteiger partial charge < -0.3 is 15.2 Å². The summed E-state index contributed by atoms with van der Waals surface area (Å²) in [6.45, 7) is 0.335. The number of hydrogen-bond acceptors (Lipinski definition) is 4. The van der Waals surface area contributed by atoms with Crippen LogP contribution in [0.4, 0.5) is 0 Å². The third-order valence-corrected chi connectivity index (χ3v) is 5.10. The topological polar surface area (TPSA) is 58.6 Å². The highest BCUT2D eigenvalue weighted by atomic mass is 35.5. The molecule has 134 valence electrons. The number of hydrogen-bond donors (Lipinski definition) is 2. The lowest BCUT2D eigenvalue weighted by Crippen LogP contribution is -2.28. The van der Waals surface area contributed by atoms with E-state index in [4.69, 9.17) is 16.3 Å². The minimum atomic E-state index is -0.654. The molecular formula is C20H18ClNO3S. The molecule has 0 bridgehead atoms. The summed E-state index contributed by atoms with van der Waals surface area (Å²) in [5.74, 6) is 0.382. The van der Waals surface area contributed by atoms with E-state index in [0.717, 1.165) is 15.3 Å². The summed E-state index contributed by atoms with van der Waals surface area (Å²) in [7, 11) is 0. The molecule has 1 amide bonds. The van der Waals surface area contributed by atoms with E-state index in [2.05, 4.69) is 5.32 Å². The molecule has 0 aliphatic carbocycles. The number of thiophene rings is 1. The molecule has 1 aromatic heterocycles. The largest absolute Gasteiger partial charge is 0.484 e. The lowest BCUT2D eigenvalue weighted by atomic mass is 10.1. The van der Waals surface area contributed by atoms with Crippen LogP contribution in [0.5, 0.6) is 5.75 Å². The molecule has 0 saturated carbocycles. The summed E-state index contributed by atoms with van der Waals surface area (Å²) in [5, 5.41) is 13.8. The fourth-order valence-electron chi connectivity index (χ4n) is 2.35. The third kappa shape index (κ3) is 5.08. The minimum Gasteiger partial charge on any atom is -0.484 e. The van der Waals surface area contributed by atoms with Crippen LogP contribution in [0.1, 0.15) is 21.4 Å². The highest BCUT2D eigenvalue weighted by Crippen LogP contribution is 2.28. The predicted octanol–water partition coefficient (Wildman–Crippen LogP) is 4.18. The summed E-state index contributed by atoms with van der Waals surface area (Å²) >= 11 is 7.28. The van der Waals surface area contributed by atoms with E-state index in [1.807, 2.05) is 42.5 Å². The first-order valence-electron chi connectivity index (χ1n) is 8.08. The molecule has 0 fully saturated rings. The van der Waals surface area contributed by atoms with Gasteiger partial charge in [0, 0.05) is 14.8 Å². The first-order chi connectivity index (χ1) is 12.6. The molecule has 4 nitrogen and oxygen atoms in total. The van der Waals surface area contributed by atoms with Gasteiger partial charge in [-0.3, -0.25) is 4.79 Å². The molecule has 0 aliphatic rings. The second kappa shape index (κ2) is 8.85. The molecule has 2 aromatic carbocycles. The summed E-state index contributed by atoms with van der Waals surface area (Å²) < 4.78 is 5.41. The van der Waals surface area contributed by atoms with Gasteiger partial charge in [-0.2, -0.15) is 0 Å². The van der Waals surface area contributed by atoms with E-state index >= 15 is 0 Å². The zero-order chi connectivity index (χ0) is 18.4. The molecule has 1 heterocycles. The van der Waals surface area contributed by atoms with E-state index in [1.165, 1.54) is 11.3 Å². The molecule has 0 saturated heterocycles. The van der Waals surface area contributed by atoms with Crippen LogP contribution >= 0.6 is 22.9 Å². The van der Waals surface area contributed by atoms with Crippen molar-refractivity contribution in [1.29, 1.82) is 0 Å². The van der Waals surface area contributed by atoms with Crippen LogP contribution in [-0.2, 0) is 11.3 Å². The van der Waals surface area contributed by atoms with Crippen LogP contribution in [0.25, 0.3) is 0 Å². The Kier molecular flexibility index (Phi) is 6.28. The summed E-state index contributed by atoms with van der Waals surface area (Å²) in [6, 6.07) is 20.1. The minimum absolute atomic E-state index is 0.0630. The van der Waals surface area contributed by atoms with Gasteiger partial charge in [0.15, 0.2) is 6.61 Å². The van der Waals surface area contributed by atoms with E-state index in [-0.39, 0.29) is 12.5 Å². The average molecular weight is 388 g/mol. The van der Waals surface area contributed by atoms with Crippen molar-refractivity contribution in [3.05, 3.63) is 87.1 Å². The highest BCUT2D eigenvalue weighted by Gasteiger charge is 2.13. The number of aliphatic hydroxyl groups excluding tert-OH is 1. The van der Waals surface area contributed by atoms with Gasteiger partial charge in [-0.15, -0.1) is 11.3 Å². The van der Waals surface area contributed by atoms with Crippen molar-refractivity contribution in [3.63, 3.8) is 0 Å². The molecule has 6 heteroatoms. The van der Waals surface area contributed by atoms with E-state index in [1.54, 1.807) is 24.3 Å². The molecule has 0 unspecified atom stereocenters. The highest BCUT2D eigenvalue weighted by molar-refractivity contribution is 7.12. The Morgan fingerprint density at radius 3 is 2.54 bits per heavy atom. The smallest absolute Gasteiger partial charge is 0.258 e. The standard InChI is InChI=1S/C20H18ClNO3S/c21-15-6-8-16(9-7-15)25-13-19(23)22-12-17-10-11-18(26-17)20(24)14-4-2-1-3-5-14/h1-11,20,24H,12-13H2,(H,22,23)/t20-/m1/s1. The van der Waals surface area contributed by atoms with Crippen LogP contribution < -0.4 is 10.1 Å². The summed E-state index contributed by atoms with van der Waals surface area (Å²) in [4.78, 5) is 13.7. The lowest BCUT2D eigenvalue weighted by Gasteiger charge is -2.08. The summed E-state index contributed by atoms with van der Waals surface area (Å²) in [5.41, 5.74) is 0.848. The predicted molar refractivity (Wildman–Crippen MR) is 104 cm³/mol. The van der Waals surface area contributed by atoms with Crippen molar-refractivity contribution in [2.45, 2.75) is 12.6 Å². The molecule has 2 N–H and O–H groups in total. The Hall–Kier alpha value is -2.34. The zero-order valence-electron chi connectivity index (χ0n) is 13.9. The fraction of sp³-hybridized carbons (Fsp3) is 0.150. The number of carbonyl (C=O) groups excluding carboxylic acids is 1. The van der Waals surface area contributed by atoms with Crippen LogP contribution in [0.2, 0.25) is 5.02 Å². The van der Waals surface area contributed by atoms with Gasteiger partial charge in [0.2, 0.25) is 0 Å². The molecule has 26 heavy (non-hydrogen) atoms. The van der Waals surface area contributed by atoms with Crippen molar-refractivity contribution < 1.29 is 14.6 Å². The fourth-order valence-corrected chi connectivity index (χ4v) is 3.45. The van der Waals surface area contributed by atoms with Crippen molar-refractivity contribution in [2.24, 2.45) is 0 Å². The molecule has 3 aromatic rings. The zero-order valence-corrected chi connectivity index (χ0v) is 15.5. The van der Waals surface area contributed by atoms with E-state index < -0.39 is 6.10 Å². The first-order valence-corrected chi connectivity index (χ1v) is 9.28. The van der Waals surface area contributed by atoms with Crippen molar-refractivity contribution >= 4 is 28.8 Å². The Bertz CT molecular complexity index is 849. The van der Waals surface area contributed by atoms with Gasteiger partial charge in [-0.1, -0.05) is 41.9 Å². The molecule has 0 spiro atoms. The Morgan fingerprint density at radius 1 is 1.08 bits per heavy atom. The van der Waals surface area contributed by atoms with Crippen LogP contribution in [-0.4, -0.2) is 17.6 Å².